The molecule has 0 aliphatic carbocycles. The first-order valence-electron chi connectivity index (χ1n) is 8.75. The van der Waals surface area contributed by atoms with E-state index in [9.17, 15) is 4.79 Å². The average molecular weight is 373 g/mol. The highest BCUT2D eigenvalue weighted by atomic mass is 16.5. The van der Waals surface area contributed by atoms with Gasteiger partial charge in [0, 0.05) is 38.1 Å². The summed E-state index contributed by atoms with van der Waals surface area (Å²) in [7, 11) is 4.73. The van der Waals surface area contributed by atoms with E-state index in [-0.39, 0.29) is 5.91 Å². The van der Waals surface area contributed by atoms with Crippen molar-refractivity contribution in [2.45, 2.75) is 0 Å². The highest BCUT2D eigenvalue weighted by molar-refractivity contribution is 6.08. The molecule has 0 unspecified atom stereocenters. The quantitative estimate of drug-likeness (QED) is 0.526. The Bertz CT molecular complexity index is 697. The second-order valence-electron chi connectivity index (χ2n) is 5.74. The number of carbonyl (C=O) groups excluding carboxylic acids is 1. The number of anilines is 2. The lowest BCUT2D eigenvalue weighted by molar-refractivity contribution is 0.102. The zero-order valence-corrected chi connectivity index (χ0v) is 16.0. The minimum Gasteiger partial charge on any atom is -0.496 e. The van der Waals surface area contributed by atoms with Crippen molar-refractivity contribution in [3.05, 3.63) is 48.0 Å². The summed E-state index contributed by atoms with van der Waals surface area (Å²) in [6, 6.07) is 12.8. The van der Waals surface area contributed by atoms with Crippen LogP contribution in [0.5, 0.6) is 11.5 Å². The van der Waals surface area contributed by atoms with E-state index in [1.54, 1.807) is 25.3 Å². The predicted molar refractivity (Wildman–Crippen MR) is 107 cm³/mol. The van der Waals surface area contributed by atoms with Gasteiger partial charge in [-0.05, 0) is 36.4 Å². The number of nitrogens with one attached hydrogen (secondary N) is 3. The molecule has 0 saturated heterocycles. The minimum absolute atomic E-state index is 0.285. The van der Waals surface area contributed by atoms with Crippen molar-refractivity contribution < 1.29 is 19.0 Å². The molecule has 27 heavy (non-hydrogen) atoms. The van der Waals surface area contributed by atoms with Gasteiger partial charge in [0.05, 0.1) is 20.8 Å². The number of amides is 1. The smallest absolute Gasteiger partial charge is 0.263 e. The van der Waals surface area contributed by atoms with Gasteiger partial charge in [0.25, 0.3) is 5.91 Å². The van der Waals surface area contributed by atoms with E-state index in [4.69, 9.17) is 14.2 Å². The SMILES string of the molecule is COCCNCCNc1ccc(NC(=O)c2c(OC)cccc2OC)cc1. The largest absolute Gasteiger partial charge is 0.496 e. The third kappa shape index (κ3) is 6.16. The van der Waals surface area contributed by atoms with Crippen LogP contribution in [0.25, 0.3) is 0 Å². The molecule has 2 rings (SSSR count). The van der Waals surface area contributed by atoms with E-state index >= 15 is 0 Å². The molecule has 1 amide bonds. The van der Waals surface area contributed by atoms with Gasteiger partial charge >= 0.3 is 0 Å². The number of carbonyl (C=O) groups is 1. The number of hydrogen-bond acceptors (Lipinski definition) is 6. The summed E-state index contributed by atoms with van der Waals surface area (Å²) < 4.78 is 15.5. The van der Waals surface area contributed by atoms with Gasteiger partial charge in [-0.1, -0.05) is 6.07 Å². The maximum Gasteiger partial charge on any atom is 0.263 e. The topological polar surface area (TPSA) is 80.9 Å². The summed E-state index contributed by atoms with van der Waals surface area (Å²) in [4.78, 5) is 12.7. The lowest BCUT2D eigenvalue weighted by Crippen LogP contribution is -2.25. The Morgan fingerprint density at radius 1 is 0.852 bits per heavy atom. The maximum absolute atomic E-state index is 12.7. The number of ether oxygens (including phenoxy) is 3. The van der Waals surface area contributed by atoms with E-state index in [1.165, 1.54) is 14.2 Å². The van der Waals surface area contributed by atoms with Crippen LogP contribution in [0.4, 0.5) is 11.4 Å². The van der Waals surface area contributed by atoms with Crippen molar-refractivity contribution in [2.75, 3.05) is 58.2 Å². The Hall–Kier alpha value is -2.77. The number of rotatable bonds is 11. The van der Waals surface area contributed by atoms with Crippen LogP contribution in [0.2, 0.25) is 0 Å². The molecular weight excluding hydrogens is 346 g/mol. The Morgan fingerprint density at radius 3 is 2.07 bits per heavy atom. The molecule has 0 aliphatic rings. The van der Waals surface area contributed by atoms with Crippen molar-refractivity contribution in [2.24, 2.45) is 0 Å². The first kappa shape index (κ1) is 20.5. The molecule has 0 aliphatic heterocycles. The fraction of sp³-hybridized carbons (Fsp3) is 0.350. The van der Waals surface area contributed by atoms with Crippen LogP contribution < -0.4 is 25.4 Å². The van der Waals surface area contributed by atoms with Crippen LogP contribution in [0, 0.1) is 0 Å². The first-order chi connectivity index (χ1) is 13.2. The Labute approximate surface area is 160 Å². The van der Waals surface area contributed by atoms with Gasteiger partial charge in [0.15, 0.2) is 0 Å². The van der Waals surface area contributed by atoms with Crippen molar-refractivity contribution in [1.82, 2.24) is 5.32 Å². The summed E-state index contributed by atoms with van der Waals surface area (Å²) in [5.74, 6) is 0.643. The normalized spacial score (nSPS) is 10.3. The lowest BCUT2D eigenvalue weighted by Gasteiger charge is -2.13. The fourth-order valence-corrected chi connectivity index (χ4v) is 2.53. The van der Waals surface area contributed by atoms with Crippen LogP contribution in [-0.2, 0) is 4.74 Å². The van der Waals surface area contributed by atoms with Gasteiger partial charge in [0.2, 0.25) is 0 Å². The summed E-state index contributed by atoms with van der Waals surface area (Å²) in [5.41, 5.74) is 2.04. The third-order valence-corrected chi connectivity index (χ3v) is 3.91. The number of methoxy groups -OCH3 is 3. The molecule has 2 aromatic carbocycles. The Kier molecular flexibility index (Phi) is 8.41. The highest BCUT2D eigenvalue weighted by Crippen LogP contribution is 2.29. The van der Waals surface area contributed by atoms with Crippen LogP contribution in [0.3, 0.4) is 0 Å². The van der Waals surface area contributed by atoms with E-state index in [0.717, 1.165) is 25.3 Å². The summed E-state index contributed by atoms with van der Waals surface area (Å²) >= 11 is 0. The monoisotopic (exact) mass is 373 g/mol. The molecule has 0 heterocycles. The zero-order valence-electron chi connectivity index (χ0n) is 16.0. The van der Waals surface area contributed by atoms with Crippen molar-refractivity contribution in [3.8, 4) is 11.5 Å². The predicted octanol–water partition coefficient (Wildman–Crippen LogP) is 2.60. The van der Waals surface area contributed by atoms with Crippen LogP contribution in [-0.4, -0.2) is 53.5 Å². The molecule has 0 aromatic heterocycles. The molecule has 0 spiro atoms. The van der Waals surface area contributed by atoms with Gasteiger partial charge in [-0.15, -0.1) is 0 Å². The van der Waals surface area contributed by atoms with Gasteiger partial charge in [-0.25, -0.2) is 0 Å². The Balaban J connectivity index is 1.92. The van der Waals surface area contributed by atoms with Gasteiger partial charge in [-0.3, -0.25) is 4.79 Å². The van der Waals surface area contributed by atoms with Gasteiger partial charge < -0.3 is 30.2 Å². The summed E-state index contributed by atoms with van der Waals surface area (Å²) in [5, 5.41) is 9.45. The molecule has 0 fully saturated rings. The lowest BCUT2D eigenvalue weighted by atomic mass is 10.1. The standard InChI is InChI=1S/C20H27N3O4/c1-25-14-13-21-11-12-22-15-7-9-16(10-8-15)23-20(24)19-17(26-2)5-4-6-18(19)27-3/h4-10,21-22H,11-14H2,1-3H3,(H,23,24). The molecular formula is C20H27N3O4. The third-order valence-electron chi connectivity index (χ3n) is 3.91. The van der Waals surface area contributed by atoms with E-state index < -0.39 is 0 Å². The maximum atomic E-state index is 12.7. The van der Waals surface area contributed by atoms with Crippen LogP contribution in [0.15, 0.2) is 42.5 Å². The number of hydrogen-bond donors (Lipinski definition) is 3. The van der Waals surface area contributed by atoms with Gasteiger partial charge in [0.1, 0.15) is 17.1 Å². The van der Waals surface area contributed by atoms with E-state index in [0.29, 0.717) is 29.4 Å². The van der Waals surface area contributed by atoms with E-state index in [1.807, 2.05) is 24.3 Å². The van der Waals surface area contributed by atoms with Crippen molar-refractivity contribution in [3.63, 3.8) is 0 Å². The van der Waals surface area contributed by atoms with Crippen molar-refractivity contribution >= 4 is 17.3 Å². The molecule has 0 atom stereocenters. The first-order valence-corrected chi connectivity index (χ1v) is 8.75. The summed E-state index contributed by atoms with van der Waals surface area (Å²) in [6.45, 7) is 3.17. The minimum atomic E-state index is -0.285. The average Bonchev–Trinajstić information content (AvgIpc) is 2.71. The highest BCUT2D eigenvalue weighted by Gasteiger charge is 2.18. The Morgan fingerprint density at radius 2 is 1.48 bits per heavy atom. The molecule has 3 N–H and O–H groups in total. The fourth-order valence-electron chi connectivity index (χ4n) is 2.53. The molecule has 0 bridgehead atoms. The molecule has 7 heteroatoms. The molecule has 146 valence electrons. The van der Waals surface area contributed by atoms with Crippen LogP contribution >= 0.6 is 0 Å². The molecule has 2 aromatic rings. The van der Waals surface area contributed by atoms with Crippen molar-refractivity contribution in [1.29, 1.82) is 0 Å². The van der Waals surface area contributed by atoms with Crippen LogP contribution in [0.1, 0.15) is 10.4 Å². The second-order valence-corrected chi connectivity index (χ2v) is 5.74. The molecule has 7 nitrogen and oxygen atoms in total. The van der Waals surface area contributed by atoms with Gasteiger partial charge in [-0.2, -0.15) is 0 Å². The second kappa shape index (κ2) is 11.1. The summed E-state index contributed by atoms with van der Waals surface area (Å²) in [6.07, 6.45) is 0. The molecule has 0 radical (unpaired) electrons. The molecule has 0 saturated carbocycles. The number of benzene rings is 2. The van der Waals surface area contributed by atoms with E-state index in [2.05, 4.69) is 16.0 Å². The zero-order chi connectivity index (χ0) is 19.5.